The van der Waals surface area contributed by atoms with Gasteiger partial charge in [0, 0.05) is 11.6 Å². The number of hydrogen-bond donors (Lipinski definition) is 1. The van der Waals surface area contributed by atoms with Gasteiger partial charge in [-0.1, -0.05) is 38.4 Å². The normalized spacial score (nSPS) is 17.6. The van der Waals surface area contributed by atoms with Gasteiger partial charge in [-0.05, 0) is 35.2 Å². The Morgan fingerprint density at radius 2 is 2.06 bits per heavy atom. The molecule has 4 heteroatoms. The molecule has 0 unspecified atom stereocenters. The highest BCUT2D eigenvalue weighted by Gasteiger charge is 2.18. The predicted molar refractivity (Wildman–Crippen MR) is 72.3 cm³/mol. The third-order valence-electron chi connectivity index (χ3n) is 3.30. The van der Waals surface area contributed by atoms with Gasteiger partial charge in [0.1, 0.15) is 10.5 Å². The van der Waals surface area contributed by atoms with Gasteiger partial charge in [-0.2, -0.15) is 0 Å². The van der Waals surface area contributed by atoms with Crippen molar-refractivity contribution in [2.45, 2.75) is 51.4 Å². The number of nitrogens with one attached hydrogen (secondary N) is 1. The zero-order valence-electron chi connectivity index (χ0n) is 9.55. The third-order valence-corrected chi connectivity index (χ3v) is 4.71. The first kappa shape index (κ1) is 12.2. The number of halogens is 1. The fourth-order valence-electron chi connectivity index (χ4n) is 2.34. The maximum atomic E-state index is 5.29. The van der Waals surface area contributed by atoms with Gasteiger partial charge < -0.3 is 4.98 Å². The predicted octanol–water partition coefficient (Wildman–Crippen LogP) is 4.51. The second-order valence-electron chi connectivity index (χ2n) is 4.41. The number of rotatable bonds is 2. The first-order valence-electron chi connectivity index (χ1n) is 6.01. The highest BCUT2D eigenvalue weighted by molar-refractivity contribution is 9.10. The topological polar surface area (TPSA) is 28.7 Å². The van der Waals surface area contributed by atoms with E-state index in [1.54, 1.807) is 0 Å². The fraction of sp³-hybridized carbons (Fsp3) is 0.667. The van der Waals surface area contributed by atoms with Crippen LogP contribution in [0.4, 0.5) is 0 Å². The van der Waals surface area contributed by atoms with Crippen molar-refractivity contribution in [2.75, 3.05) is 0 Å². The molecular formula is C12H17BrN2S. The molecule has 2 nitrogen and oxygen atoms in total. The molecule has 1 aromatic heterocycles. The molecule has 1 N–H and O–H groups in total. The molecular weight excluding hydrogens is 284 g/mol. The molecule has 16 heavy (non-hydrogen) atoms. The number of H-pyrrole nitrogens is 1. The van der Waals surface area contributed by atoms with E-state index in [1.165, 1.54) is 37.8 Å². The van der Waals surface area contributed by atoms with Crippen LogP contribution in [-0.4, -0.2) is 9.97 Å². The molecule has 1 saturated carbocycles. The summed E-state index contributed by atoms with van der Waals surface area (Å²) < 4.78 is 1.67. The monoisotopic (exact) mass is 300 g/mol. The quantitative estimate of drug-likeness (QED) is 0.814. The molecule has 1 aliphatic rings. The first-order valence-corrected chi connectivity index (χ1v) is 7.21. The Morgan fingerprint density at radius 1 is 1.38 bits per heavy atom. The Bertz CT molecular complexity index is 422. The van der Waals surface area contributed by atoms with Crippen LogP contribution < -0.4 is 0 Å². The molecule has 0 spiro atoms. The number of aromatic nitrogens is 2. The molecule has 0 amide bonds. The van der Waals surface area contributed by atoms with Crippen LogP contribution in [0.2, 0.25) is 0 Å². The minimum absolute atomic E-state index is 0.592. The lowest BCUT2D eigenvalue weighted by Crippen LogP contribution is -2.10. The van der Waals surface area contributed by atoms with Gasteiger partial charge in [-0.15, -0.1) is 0 Å². The first-order chi connectivity index (χ1) is 7.72. The summed E-state index contributed by atoms with van der Waals surface area (Å²) in [7, 11) is 0. The largest absolute Gasteiger partial charge is 0.346 e. The van der Waals surface area contributed by atoms with Crippen LogP contribution in [0.15, 0.2) is 4.47 Å². The summed E-state index contributed by atoms with van der Waals surface area (Å²) in [6, 6.07) is 0. The van der Waals surface area contributed by atoms with E-state index in [0.717, 1.165) is 16.7 Å². The Kier molecular flexibility index (Phi) is 4.14. The maximum Gasteiger partial charge on any atom is 0.144 e. The molecule has 1 aromatic rings. The van der Waals surface area contributed by atoms with E-state index in [0.29, 0.717) is 10.6 Å². The van der Waals surface area contributed by atoms with Crippen LogP contribution in [0.1, 0.15) is 56.5 Å². The van der Waals surface area contributed by atoms with E-state index in [9.17, 15) is 0 Å². The lowest BCUT2D eigenvalue weighted by atomic mass is 9.88. The number of hydrogen-bond acceptors (Lipinski definition) is 2. The minimum Gasteiger partial charge on any atom is -0.346 e. The van der Waals surface area contributed by atoms with E-state index in [-0.39, 0.29) is 0 Å². The van der Waals surface area contributed by atoms with Gasteiger partial charge in [-0.3, -0.25) is 0 Å². The number of aryl methyl sites for hydroxylation is 1. The average molecular weight is 301 g/mol. The van der Waals surface area contributed by atoms with Crippen LogP contribution in [0.5, 0.6) is 0 Å². The lowest BCUT2D eigenvalue weighted by molar-refractivity contribution is 0.427. The maximum absolute atomic E-state index is 5.29. The summed E-state index contributed by atoms with van der Waals surface area (Å²) in [6.45, 7) is 2.13. The highest BCUT2D eigenvalue weighted by Crippen LogP contribution is 2.31. The lowest BCUT2D eigenvalue weighted by Gasteiger charge is -2.21. The van der Waals surface area contributed by atoms with E-state index in [1.807, 2.05) is 0 Å². The molecule has 1 fully saturated rings. The molecule has 0 bridgehead atoms. The molecule has 1 aliphatic carbocycles. The number of nitrogens with zero attached hydrogens (tertiary/aromatic N) is 1. The molecule has 88 valence electrons. The van der Waals surface area contributed by atoms with Crippen molar-refractivity contribution in [1.29, 1.82) is 0 Å². The Labute approximate surface area is 110 Å². The van der Waals surface area contributed by atoms with Crippen LogP contribution in [-0.2, 0) is 6.42 Å². The second-order valence-corrected chi connectivity index (χ2v) is 5.59. The summed E-state index contributed by atoms with van der Waals surface area (Å²) in [4.78, 5) is 7.97. The smallest absolute Gasteiger partial charge is 0.144 e. The van der Waals surface area contributed by atoms with E-state index < -0.39 is 0 Å². The van der Waals surface area contributed by atoms with Crippen LogP contribution in [0.3, 0.4) is 0 Å². The zero-order chi connectivity index (χ0) is 11.5. The van der Waals surface area contributed by atoms with Crippen molar-refractivity contribution >= 4 is 28.1 Å². The summed E-state index contributed by atoms with van der Waals surface area (Å²) >= 11 is 8.79. The van der Waals surface area contributed by atoms with E-state index in [2.05, 4.69) is 32.8 Å². The standard InChI is InChI=1S/C12H17BrN2S/c1-2-9-10(13)12(16)15-11(14-9)8-6-4-3-5-7-8/h8H,2-7H2,1H3,(H,14,15,16). The molecule has 2 rings (SSSR count). The van der Waals surface area contributed by atoms with Gasteiger partial charge in [0.15, 0.2) is 0 Å². The van der Waals surface area contributed by atoms with Gasteiger partial charge in [0.05, 0.1) is 4.47 Å². The summed E-state index contributed by atoms with van der Waals surface area (Å²) in [5, 5.41) is 0. The van der Waals surface area contributed by atoms with Crippen molar-refractivity contribution in [3.63, 3.8) is 0 Å². The molecule has 1 heterocycles. The van der Waals surface area contributed by atoms with Crippen molar-refractivity contribution < 1.29 is 0 Å². The fourth-order valence-corrected chi connectivity index (χ4v) is 3.03. The Balaban J connectivity index is 2.33. The molecule has 0 aliphatic heterocycles. The summed E-state index contributed by atoms with van der Waals surface area (Å²) in [5.41, 5.74) is 1.18. The molecule has 0 atom stereocenters. The van der Waals surface area contributed by atoms with E-state index >= 15 is 0 Å². The van der Waals surface area contributed by atoms with Gasteiger partial charge in [0.25, 0.3) is 0 Å². The SMILES string of the molecule is CCc1[nH]c(C2CCCCC2)nc(=S)c1Br. The van der Waals surface area contributed by atoms with Crippen molar-refractivity contribution in [3.8, 4) is 0 Å². The van der Waals surface area contributed by atoms with Crippen molar-refractivity contribution in [1.82, 2.24) is 9.97 Å². The average Bonchev–Trinajstić information content (AvgIpc) is 2.33. The molecule has 0 saturated heterocycles. The Hall–Kier alpha value is -0.220. The number of aromatic amines is 1. The van der Waals surface area contributed by atoms with Crippen molar-refractivity contribution in [3.05, 3.63) is 20.6 Å². The van der Waals surface area contributed by atoms with E-state index in [4.69, 9.17) is 12.2 Å². The van der Waals surface area contributed by atoms with Crippen molar-refractivity contribution in [2.24, 2.45) is 0 Å². The Morgan fingerprint density at radius 3 is 2.69 bits per heavy atom. The second kappa shape index (κ2) is 5.41. The highest BCUT2D eigenvalue weighted by atomic mass is 79.9. The summed E-state index contributed by atoms with van der Waals surface area (Å²) in [6.07, 6.45) is 7.49. The zero-order valence-corrected chi connectivity index (χ0v) is 12.0. The molecule has 0 radical (unpaired) electrons. The van der Waals surface area contributed by atoms with Crippen LogP contribution in [0.25, 0.3) is 0 Å². The molecule has 0 aromatic carbocycles. The minimum atomic E-state index is 0.592. The van der Waals surface area contributed by atoms with Crippen LogP contribution in [0, 0.1) is 4.64 Å². The van der Waals surface area contributed by atoms with Gasteiger partial charge in [0.2, 0.25) is 0 Å². The van der Waals surface area contributed by atoms with Crippen LogP contribution >= 0.6 is 28.1 Å². The van der Waals surface area contributed by atoms with Gasteiger partial charge in [-0.25, -0.2) is 4.98 Å². The van der Waals surface area contributed by atoms with Gasteiger partial charge >= 0.3 is 0 Å². The third kappa shape index (κ3) is 2.54. The summed E-state index contributed by atoms with van der Waals surface area (Å²) in [5.74, 6) is 1.69.